The number of nitrogens with zero attached hydrogens (tertiary/aromatic N) is 2. The first-order chi connectivity index (χ1) is 10.5. The number of hydrogen-bond donors (Lipinski definition) is 1. The second-order valence-corrected chi connectivity index (χ2v) is 5.33. The summed E-state index contributed by atoms with van der Waals surface area (Å²) in [6.07, 6.45) is 2.42. The Morgan fingerprint density at radius 3 is 2.30 bits per heavy atom. The molecule has 0 aliphatic carbocycles. The highest BCUT2D eigenvalue weighted by Crippen LogP contribution is 2.23. The Morgan fingerprint density at radius 1 is 1.22 bits per heavy atom. The molecule has 1 rings (SSSR count). The molecule has 0 aliphatic heterocycles. The van der Waals surface area contributed by atoms with Crippen molar-refractivity contribution in [2.75, 3.05) is 19.6 Å². The van der Waals surface area contributed by atoms with Crippen LogP contribution in [0, 0.1) is 10.1 Å². The number of benzene rings is 1. The van der Waals surface area contributed by atoms with Gasteiger partial charge in [-0.15, -0.1) is 12.4 Å². The van der Waals surface area contributed by atoms with E-state index < -0.39 is 10.9 Å². The molecule has 0 amide bonds. The molecule has 7 heteroatoms. The fourth-order valence-corrected chi connectivity index (χ4v) is 2.63. The van der Waals surface area contributed by atoms with Gasteiger partial charge in [-0.25, -0.2) is 0 Å². The predicted molar refractivity (Wildman–Crippen MR) is 92.4 cm³/mol. The standard InChI is InChI=1S/C16H24N2O4.ClH/c1-3-9-17(10-4-2)11-8-13-6-5-7-15(18(21)22)14(13)12-16(19)20;/h5-7H,3-4,8-12H2,1-2H3,(H,19,20);1H. The average Bonchev–Trinajstić information content (AvgIpc) is 2.45. The van der Waals surface area contributed by atoms with E-state index >= 15 is 0 Å². The molecular weight excluding hydrogens is 320 g/mol. The van der Waals surface area contributed by atoms with Gasteiger partial charge in [-0.2, -0.15) is 0 Å². The molecule has 0 spiro atoms. The number of rotatable bonds is 10. The number of aliphatic carboxylic acids is 1. The van der Waals surface area contributed by atoms with E-state index in [1.54, 1.807) is 12.1 Å². The number of carboxylic acids is 1. The molecule has 0 bridgehead atoms. The number of halogens is 1. The van der Waals surface area contributed by atoms with Gasteiger partial charge in [-0.05, 0) is 37.9 Å². The zero-order valence-corrected chi connectivity index (χ0v) is 14.5. The monoisotopic (exact) mass is 344 g/mol. The molecule has 0 atom stereocenters. The molecule has 23 heavy (non-hydrogen) atoms. The van der Waals surface area contributed by atoms with E-state index in [-0.39, 0.29) is 24.5 Å². The largest absolute Gasteiger partial charge is 0.481 e. The summed E-state index contributed by atoms with van der Waals surface area (Å²) in [5.41, 5.74) is 0.985. The van der Waals surface area contributed by atoms with E-state index in [2.05, 4.69) is 18.7 Å². The molecule has 0 saturated heterocycles. The van der Waals surface area contributed by atoms with Gasteiger partial charge in [0.25, 0.3) is 5.69 Å². The third-order valence-electron chi connectivity index (χ3n) is 3.55. The Bertz CT molecular complexity index is 517. The average molecular weight is 345 g/mol. The van der Waals surface area contributed by atoms with Gasteiger partial charge >= 0.3 is 5.97 Å². The molecular formula is C16H25ClN2O4. The quantitative estimate of drug-likeness (QED) is 0.520. The van der Waals surface area contributed by atoms with Crippen LogP contribution in [0.5, 0.6) is 0 Å². The lowest BCUT2D eigenvalue weighted by molar-refractivity contribution is -0.385. The van der Waals surface area contributed by atoms with E-state index in [1.807, 2.05) is 0 Å². The maximum atomic E-state index is 11.1. The summed E-state index contributed by atoms with van der Waals surface area (Å²) in [5.74, 6) is -1.05. The van der Waals surface area contributed by atoms with Gasteiger partial charge < -0.3 is 10.0 Å². The normalized spacial score (nSPS) is 10.4. The topological polar surface area (TPSA) is 83.7 Å². The number of hydrogen-bond acceptors (Lipinski definition) is 4. The van der Waals surface area contributed by atoms with Crippen LogP contribution in [0.4, 0.5) is 5.69 Å². The van der Waals surface area contributed by atoms with Gasteiger partial charge in [0.05, 0.1) is 11.3 Å². The number of nitro groups is 1. The molecule has 1 N–H and O–H groups in total. The number of nitro benzene ring substituents is 1. The summed E-state index contributed by atoms with van der Waals surface area (Å²) in [6.45, 7) is 6.99. The van der Waals surface area contributed by atoms with Crippen LogP contribution in [0.3, 0.4) is 0 Å². The van der Waals surface area contributed by atoms with E-state index in [0.717, 1.165) is 38.0 Å². The summed E-state index contributed by atoms with van der Waals surface area (Å²) in [5, 5.41) is 20.1. The van der Waals surface area contributed by atoms with Crippen LogP contribution in [0.15, 0.2) is 18.2 Å². The molecule has 0 heterocycles. The summed E-state index contributed by atoms with van der Waals surface area (Å²) in [7, 11) is 0. The molecule has 130 valence electrons. The van der Waals surface area contributed by atoms with Gasteiger partial charge in [-0.1, -0.05) is 26.0 Å². The third-order valence-corrected chi connectivity index (χ3v) is 3.55. The van der Waals surface area contributed by atoms with E-state index in [4.69, 9.17) is 5.11 Å². The van der Waals surface area contributed by atoms with Crippen LogP contribution in [-0.2, 0) is 17.6 Å². The van der Waals surface area contributed by atoms with Crippen molar-refractivity contribution in [1.82, 2.24) is 4.90 Å². The molecule has 6 nitrogen and oxygen atoms in total. The van der Waals surface area contributed by atoms with Gasteiger partial charge in [-0.3, -0.25) is 14.9 Å². The van der Waals surface area contributed by atoms with Crippen LogP contribution in [-0.4, -0.2) is 40.5 Å². The minimum Gasteiger partial charge on any atom is -0.481 e. The van der Waals surface area contributed by atoms with Crippen molar-refractivity contribution in [3.63, 3.8) is 0 Å². The molecule has 0 saturated carbocycles. The fraction of sp³-hybridized carbons (Fsp3) is 0.562. The maximum absolute atomic E-state index is 11.1. The van der Waals surface area contributed by atoms with Crippen molar-refractivity contribution in [3.05, 3.63) is 39.4 Å². The highest BCUT2D eigenvalue weighted by molar-refractivity contribution is 5.85. The first-order valence-electron chi connectivity index (χ1n) is 7.68. The molecule has 0 radical (unpaired) electrons. The van der Waals surface area contributed by atoms with Crippen molar-refractivity contribution < 1.29 is 14.8 Å². The van der Waals surface area contributed by atoms with Crippen LogP contribution < -0.4 is 0 Å². The first kappa shape index (κ1) is 21.3. The molecule has 0 aliphatic rings. The van der Waals surface area contributed by atoms with Crippen molar-refractivity contribution in [3.8, 4) is 0 Å². The molecule has 0 aromatic heterocycles. The van der Waals surface area contributed by atoms with Gasteiger partial charge in [0.1, 0.15) is 0 Å². The van der Waals surface area contributed by atoms with E-state index in [0.29, 0.717) is 12.0 Å². The van der Waals surface area contributed by atoms with Crippen LogP contribution in [0.2, 0.25) is 0 Å². The lowest BCUT2D eigenvalue weighted by Crippen LogP contribution is -2.28. The predicted octanol–water partition coefficient (Wildman–Crippen LogP) is 3.31. The van der Waals surface area contributed by atoms with Crippen LogP contribution >= 0.6 is 12.4 Å². The molecule has 0 unspecified atom stereocenters. The van der Waals surface area contributed by atoms with Crippen molar-refractivity contribution in [2.24, 2.45) is 0 Å². The van der Waals surface area contributed by atoms with Crippen molar-refractivity contribution >= 4 is 24.1 Å². The SMILES string of the molecule is CCCN(CCC)CCc1cccc([N+](=O)[O-])c1CC(=O)O.Cl. The highest BCUT2D eigenvalue weighted by Gasteiger charge is 2.20. The molecule has 1 aromatic carbocycles. The third kappa shape index (κ3) is 6.97. The zero-order chi connectivity index (χ0) is 16.5. The molecule has 0 fully saturated rings. The van der Waals surface area contributed by atoms with Gasteiger partial charge in [0.2, 0.25) is 0 Å². The second kappa shape index (κ2) is 11.0. The smallest absolute Gasteiger partial charge is 0.308 e. The fourth-order valence-electron chi connectivity index (χ4n) is 2.63. The summed E-state index contributed by atoms with van der Waals surface area (Å²) in [6, 6.07) is 4.79. The van der Waals surface area contributed by atoms with Crippen LogP contribution in [0.1, 0.15) is 37.8 Å². The van der Waals surface area contributed by atoms with Crippen molar-refractivity contribution in [2.45, 2.75) is 39.5 Å². The summed E-state index contributed by atoms with van der Waals surface area (Å²) < 4.78 is 0. The summed E-state index contributed by atoms with van der Waals surface area (Å²) in [4.78, 5) is 23.9. The Hall–Kier alpha value is -1.66. The van der Waals surface area contributed by atoms with E-state index in [9.17, 15) is 14.9 Å². The lowest BCUT2D eigenvalue weighted by Gasteiger charge is -2.21. The highest BCUT2D eigenvalue weighted by atomic mass is 35.5. The lowest BCUT2D eigenvalue weighted by atomic mass is 9.99. The Morgan fingerprint density at radius 2 is 1.83 bits per heavy atom. The number of carbonyl (C=O) groups is 1. The Balaban J connectivity index is 0.00000484. The number of carboxylic acid groups (broad SMARTS) is 1. The van der Waals surface area contributed by atoms with Gasteiger partial charge in [0.15, 0.2) is 0 Å². The van der Waals surface area contributed by atoms with E-state index in [1.165, 1.54) is 6.07 Å². The zero-order valence-electron chi connectivity index (χ0n) is 13.7. The second-order valence-electron chi connectivity index (χ2n) is 5.33. The molecule has 1 aromatic rings. The Labute approximate surface area is 143 Å². The minimum atomic E-state index is -1.05. The maximum Gasteiger partial charge on any atom is 0.308 e. The minimum absolute atomic E-state index is 0. The first-order valence-corrected chi connectivity index (χ1v) is 7.68. The Kier molecular flexibility index (Phi) is 10.2. The van der Waals surface area contributed by atoms with Crippen LogP contribution in [0.25, 0.3) is 0 Å². The van der Waals surface area contributed by atoms with Gasteiger partial charge in [0, 0.05) is 18.2 Å². The summed E-state index contributed by atoms with van der Waals surface area (Å²) >= 11 is 0. The van der Waals surface area contributed by atoms with Crippen molar-refractivity contribution in [1.29, 1.82) is 0 Å².